The van der Waals surface area contributed by atoms with E-state index >= 15 is 0 Å². The van der Waals surface area contributed by atoms with Crippen LogP contribution < -0.4 is 5.32 Å². The monoisotopic (exact) mass is 341 g/mol. The predicted molar refractivity (Wildman–Crippen MR) is 93.0 cm³/mol. The Hall–Kier alpha value is -1.49. The first kappa shape index (κ1) is 15.7. The van der Waals surface area contributed by atoms with Gasteiger partial charge in [-0.3, -0.25) is 4.79 Å². The van der Waals surface area contributed by atoms with Gasteiger partial charge in [-0.2, -0.15) is 0 Å². The molecule has 5 saturated carbocycles. The van der Waals surface area contributed by atoms with E-state index in [4.69, 9.17) is 0 Å². The molecular weight excluding hydrogens is 314 g/mol. The van der Waals surface area contributed by atoms with E-state index in [1.165, 1.54) is 12.8 Å². The third kappa shape index (κ3) is 2.67. The molecule has 1 aromatic rings. The predicted octanol–water partition coefficient (Wildman–Crippen LogP) is 2.80. The van der Waals surface area contributed by atoms with Crippen LogP contribution in [0.25, 0.3) is 0 Å². The van der Waals surface area contributed by atoms with Crippen LogP contribution in [0.5, 0.6) is 0 Å². The first-order valence-corrected chi connectivity index (χ1v) is 9.94. The lowest BCUT2D eigenvalue weighted by Crippen LogP contribution is -2.61. The second kappa shape index (κ2) is 5.76. The van der Waals surface area contributed by atoms with Crippen LogP contribution >= 0.6 is 0 Å². The molecule has 5 aliphatic rings. The van der Waals surface area contributed by atoms with Crippen LogP contribution in [0.2, 0.25) is 0 Å². The lowest BCUT2D eigenvalue weighted by Gasteiger charge is -2.58. The number of nitrogens with one attached hydrogen (secondary N) is 1. The number of carbonyl (C=O) groups excluding carboxylic acids is 1. The number of rotatable bonds is 3. The second-order valence-electron chi connectivity index (χ2n) is 9.00. The summed E-state index contributed by atoms with van der Waals surface area (Å²) < 4.78 is 0. The maximum absolute atomic E-state index is 13.0. The van der Waals surface area contributed by atoms with E-state index in [9.17, 15) is 9.90 Å². The molecule has 0 saturated heterocycles. The van der Waals surface area contributed by atoms with E-state index in [0.29, 0.717) is 29.2 Å². The Morgan fingerprint density at radius 3 is 2.56 bits per heavy atom. The van der Waals surface area contributed by atoms with E-state index in [1.807, 2.05) is 0 Å². The fourth-order valence-corrected chi connectivity index (χ4v) is 6.48. The molecule has 25 heavy (non-hydrogen) atoms. The average molecular weight is 341 g/mol. The van der Waals surface area contributed by atoms with Crippen molar-refractivity contribution in [1.29, 1.82) is 0 Å². The third-order valence-corrected chi connectivity index (χ3v) is 7.27. The van der Waals surface area contributed by atoms with Crippen molar-refractivity contribution in [2.75, 3.05) is 0 Å². The van der Waals surface area contributed by atoms with Gasteiger partial charge in [0.2, 0.25) is 0 Å². The first-order chi connectivity index (χ1) is 12.1. The minimum absolute atomic E-state index is 0.00744. The summed E-state index contributed by atoms with van der Waals surface area (Å²) in [5, 5.41) is 14.1. The number of aliphatic hydroxyl groups is 1. The summed E-state index contributed by atoms with van der Waals surface area (Å²) in [5.74, 6) is 1.92. The van der Waals surface area contributed by atoms with Crippen LogP contribution in [0.1, 0.15) is 79.8 Å². The molecule has 4 bridgehead atoms. The summed E-state index contributed by atoms with van der Waals surface area (Å²) in [7, 11) is 0. The van der Waals surface area contributed by atoms with Crippen molar-refractivity contribution in [2.45, 2.75) is 75.3 Å². The van der Waals surface area contributed by atoms with Crippen molar-refractivity contribution < 1.29 is 9.90 Å². The van der Waals surface area contributed by atoms with Crippen molar-refractivity contribution >= 4 is 5.91 Å². The highest BCUT2D eigenvalue weighted by atomic mass is 16.3. The van der Waals surface area contributed by atoms with Gasteiger partial charge in [-0.05, 0) is 62.7 Å². The SMILES string of the molecule is O=C(NC1C2CC3CC1CC(O)(C3)C2)c1cncnc1C1CCCC1. The molecule has 2 N–H and O–H groups in total. The topological polar surface area (TPSA) is 75.1 Å². The molecule has 0 spiro atoms. The highest BCUT2D eigenvalue weighted by molar-refractivity contribution is 5.95. The molecule has 2 unspecified atom stereocenters. The number of carbonyl (C=O) groups is 1. The van der Waals surface area contributed by atoms with E-state index in [1.54, 1.807) is 12.5 Å². The second-order valence-corrected chi connectivity index (χ2v) is 9.00. The van der Waals surface area contributed by atoms with E-state index in [0.717, 1.165) is 50.6 Å². The molecule has 0 aromatic carbocycles. The summed E-state index contributed by atoms with van der Waals surface area (Å²) in [6.07, 6.45) is 13.0. The van der Waals surface area contributed by atoms with Gasteiger partial charge in [0, 0.05) is 18.2 Å². The molecular formula is C20H27N3O2. The van der Waals surface area contributed by atoms with Crippen LogP contribution in [0.3, 0.4) is 0 Å². The summed E-state index contributed by atoms with van der Waals surface area (Å²) in [6.45, 7) is 0. The Morgan fingerprint density at radius 1 is 1.16 bits per heavy atom. The lowest BCUT2D eigenvalue weighted by molar-refractivity contribution is -0.136. The fraction of sp³-hybridized carbons (Fsp3) is 0.750. The zero-order valence-corrected chi connectivity index (χ0v) is 14.7. The van der Waals surface area contributed by atoms with Crippen molar-refractivity contribution in [2.24, 2.45) is 17.8 Å². The van der Waals surface area contributed by atoms with Crippen molar-refractivity contribution in [3.63, 3.8) is 0 Å². The molecule has 5 nitrogen and oxygen atoms in total. The Balaban J connectivity index is 1.36. The summed E-state index contributed by atoms with van der Waals surface area (Å²) in [6, 6.07) is 0.209. The molecule has 2 atom stereocenters. The number of amides is 1. The van der Waals surface area contributed by atoms with Gasteiger partial charge < -0.3 is 10.4 Å². The lowest BCUT2D eigenvalue weighted by atomic mass is 9.52. The highest BCUT2D eigenvalue weighted by Crippen LogP contribution is 2.55. The Kier molecular flexibility index (Phi) is 3.63. The molecule has 1 amide bonds. The van der Waals surface area contributed by atoms with Gasteiger partial charge in [0.15, 0.2) is 0 Å². The van der Waals surface area contributed by atoms with Crippen LogP contribution in [-0.2, 0) is 0 Å². The zero-order valence-electron chi connectivity index (χ0n) is 14.7. The maximum atomic E-state index is 13.0. The number of hydrogen-bond donors (Lipinski definition) is 2. The summed E-state index contributed by atoms with van der Waals surface area (Å²) >= 11 is 0. The van der Waals surface area contributed by atoms with E-state index in [-0.39, 0.29) is 11.9 Å². The minimum atomic E-state index is -0.456. The largest absolute Gasteiger partial charge is 0.390 e. The summed E-state index contributed by atoms with van der Waals surface area (Å²) in [4.78, 5) is 21.6. The van der Waals surface area contributed by atoms with Crippen molar-refractivity contribution in [3.05, 3.63) is 23.8 Å². The number of nitrogens with zero attached hydrogens (tertiary/aromatic N) is 2. The van der Waals surface area contributed by atoms with Crippen molar-refractivity contribution in [1.82, 2.24) is 15.3 Å². The van der Waals surface area contributed by atoms with Gasteiger partial charge in [0.05, 0.1) is 16.9 Å². The number of aromatic nitrogens is 2. The molecule has 5 fully saturated rings. The molecule has 1 heterocycles. The molecule has 1 aromatic heterocycles. The molecule has 5 heteroatoms. The van der Waals surface area contributed by atoms with Crippen LogP contribution in [0.4, 0.5) is 0 Å². The molecule has 5 aliphatic carbocycles. The molecule has 0 aliphatic heterocycles. The number of hydrogen-bond acceptors (Lipinski definition) is 4. The maximum Gasteiger partial charge on any atom is 0.254 e. The van der Waals surface area contributed by atoms with E-state index < -0.39 is 5.60 Å². The van der Waals surface area contributed by atoms with Gasteiger partial charge in [-0.1, -0.05) is 12.8 Å². The van der Waals surface area contributed by atoms with Gasteiger partial charge >= 0.3 is 0 Å². The zero-order chi connectivity index (χ0) is 17.0. The summed E-state index contributed by atoms with van der Waals surface area (Å²) in [5.41, 5.74) is 1.15. The van der Waals surface area contributed by atoms with Crippen LogP contribution in [0, 0.1) is 17.8 Å². The minimum Gasteiger partial charge on any atom is -0.390 e. The quantitative estimate of drug-likeness (QED) is 0.886. The highest BCUT2D eigenvalue weighted by Gasteiger charge is 2.55. The first-order valence-electron chi connectivity index (χ1n) is 9.94. The van der Waals surface area contributed by atoms with Crippen LogP contribution in [0.15, 0.2) is 12.5 Å². The third-order valence-electron chi connectivity index (χ3n) is 7.27. The van der Waals surface area contributed by atoms with Gasteiger partial charge in [0.25, 0.3) is 5.91 Å². The van der Waals surface area contributed by atoms with Crippen LogP contribution in [-0.4, -0.2) is 32.6 Å². The standard InChI is InChI=1S/C20H27N3O2/c24-19(16-10-21-11-22-18(16)13-3-1-2-4-13)23-17-14-5-12-6-15(17)9-20(25,7-12)8-14/h10-15,17,25H,1-9H2,(H,23,24). The Labute approximate surface area is 148 Å². The Morgan fingerprint density at radius 2 is 1.88 bits per heavy atom. The molecule has 0 radical (unpaired) electrons. The van der Waals surface area contributed by atoms with Crippen molar-refractivity contribution in [3.8, 4) is 0 Å². The van der Waals surface area contributed by atoms with Gasteiger partial charge in [0.1, 0.15) is 6.33 Å². The normalized spacial score (nSPS) is 39.7. The molecule has 6 rings (SSSR count). The van der Waals surface area contributed by atoms with E-state index in [2.05, 4.69) is 15.3 Å². The molecule has 134 valence electrons. The average Bonchev–Trinajstić information content (AvgIpc) is 3.11. The fourth-order valence-electron chi connectivity index (χ4n) is 6.48. The smallest absolute Gasteiger partial charge is 0.254 e. The van der Waals surface area contributed by atoms with Gasteiger partial charge in [-0.15, -0.1) is 0 Å². The Bertz CT molecular complexity index is 669. The van der Waals surface area contributed by atoms with Gasteiger partial charge in [-0.25, -0.2) is 9.97 Å².